The van der Waals surface area contributed by atoms with E-state index in [9.17, 15) is 4.79 Å². The third-order valence-electron chi connectivity index (χ3n) is 2.63. The van der Waals surface area contributed by atoms with E-state index in [4.69, 9.17) is 0 Å². The summed E-state index contributed by atoms with van der Waals surface area (Å²) in [5.41, 5.74) is 2.10. The topological polar surface area (TPSA) is 17.1 Å². The fraction of sp³-hybridized carbons (Fsp3) is 0.400. The lowest BCUT2D eigenvalue weighted by molar-refractivity contribution is 0.104. The van der Waals surface area contributed by atoms with Gasteiger partial charge in [0, 0.05) is 5.56 Å². The molecule has 0 N–H and O–H groups in total. The first-order valence-electron chi connectivity index (χ1n) is 6.04. The average molecular weight is 216 g/mol. The van der Waals surface area contributed by atoms with E-state index in [-0.39, 0.29) is 5.78 Å². The van der Waals surface area contributed by atoms with Crippen LogP contribution in [-0.2, 0) is 6.42 Å². The van der Waals surface area contributed by atoms with Crippen molar-refractivity contribution in [2.45, 2.75) is 39.5 Å². The van der Waals surface area contributed by atoms with Crippen LogP contribution in [0, 0.1) is 0 Å². The minimum Gasteiger partial charge on any atom is -0.289 e. The van der Waals surface area contributed by atoms with Gasteiger partial charge in [0.05, 0.1) is 0 Å². The smallest absolute Gasteiger partial charge is 0.185 e. The Kier molecular flexibility index (Phi) is 5.55. The SMILES string of the molecule is C/C=C/C(=O)c1ccc(CCCCC)cc1. The van der Waals surface area contributed by atoms with Gasteiger partial charge in [-0.15, -0.1) is 0 Å². The molecule has 0 amide bonds. The number of ketones is 1. The number of unbranched alkanes of at least 4 members (excludes halogenated alkanes) is 2. The molecule has 1 nitrogen and oxygen atoms in total. The molecule has 0 atom stereocenters. The van der Waals surface area contributed by atoms with Gasteiger partial charge in [-0.1, -0.05) is 50.1 Å². The molecular formula is C15H20O. The van der Waals surface area contributed by atoms with Gasteiger partial charge in [-0.3, -0.25) is 4.79 Å². The zero-order valence-corrected chi connectivity index (χ0v) is 10.2. The Morgan fingerprint density at radius 3 is 2.44 bits per heavy atom. The summed E-state index contributed by atoms with van der Waals surface area (Å²) in [6.07, 6.45) is 8.26. The Hall–Kier alpha value is -1.37. The number of benzene rings is 1. The molecule has 0 aliphatic rings. The fourth-order valence-corrected chi connectivity index (χ4v) is 1.66. The highest BCUT2D eigenvalue weighted by Crippen LogP contribution is 2.09. The minimum atomic E-state index is 0.0857. The van der Waals surface area contributed by atoms with Crippen LogP contribution >= 0.6 is 0 Å². The molecule has 0 aliphatic heterocycles. The lowest BCUT2D eigenvalue weighted by Crippen LogP contribution is -1.94. The van der Waals surface area contributed by atoms with Gasteiger partial charge in [0.1, 0.15) is 0 Å². The van der Waals surface area contributed by atoms with Crippen LogP contribution in [0.15, 0.2) is 36.4 Å². The number of rotatable bonds is 6. The predicted octanol–water partition coefficient (Wildman–Crippen LogP) is 4.18. The maximum absolute atomic E-state index is 11.5. The lowest BCUT2D eigenvalue weighted by atomic mass is 10.0. The normalized spacial score (nSPS) is 10.9. The molecule has 0 heterocycles. The molecule has 1 heteroatoms. The Morgan fingerprint density at radius 1 is 1.19 bits per heavy atom. The van der Waals surface area contributed by atoms with Crippen LogP contribution < -0.4 is 0 Å². The molecule has 0 aliphatic carbocycles. The lowest BCUT2D eigenvalue weighted by Gasteiger charge is -2.01. The zero-order chi connectivity index (χ0) is 11.8. The van der Waals surface area contributed by atoms with E-state index >= 15 is 0 Å². The van der Waals surface area contributed by atoms with Crippen molar-refractivity contribution in [3.63, 3.8) is 0 Å². The summed E-state index contributed by atoms with van der Waals surface area (Å²) in [6.45, 7) is 4.07. The van der Waals surface area contributed by atoms with E-state index in [1.54, 1.807) is 12.2 Å². The van der Waals surface area contributed by atoms with Crippen LogP contribution in [0.1, 0.15) is 49.0 Å². The van der Waals surface area contributed by atoms with Crippen LogP contribution in [0.25, 0.3) is 0 Å². The van der Waals surface area contributed by atoms with Gasteiger partial charge < -0.3 is 0 Å². The van der Waals surface area contributed by atoms with E-state index in [1.807, 2.05) is 19.1 Å². The van der Waals surface area contributed by atoms with Crippen molar-refractivity contribution in [2.24, 2.45) is 0 Å². The van der Waals surface area contributed by atoms with Crippen LogP contribution in [0.2, 0.25) is 0 Å². The fourth-order valence-electron chi connectivity index (χ4n) is 1.66. The highest BCUT2D eigenvalue weighted by Gasteiger charge is 2.00. The minimum absolute atomic E-state index is 0.0857. The summed E-state index contributed by atoms with van der Waals surface area (Å²) in [5, 5.41) is 0. The Bertz CT molecular complexity index is 346. The van der Waals surface area contributed by atoms with Crippen molar-refractivity contribution in [3.8, 4) is 0 Å². The van der Waals surface area contributed by atoms with E-state index in [0.29, 0.717) is 0 Å². The zero-order valence-electron chi connectivity index (χ0n) is 10.2. The number of hydrogen-bond acceptors (Lipinski definition) is 1. The van der Waals surface area contributed by atoms with Crippen molar-refractivity contribution in [1.82, 2.24) is 0 Å². The second-order valence-corrected chi connectivity index (χ2v) is 4.02. The van der Waals surface area contributed by atoms with Gasteiger partial charge in [-0.2, -0.15) is 0 Å². The van der Waals surface area contributed by atoms with Gasteiger partial charge >= 0.3 is 0 Å². The molecule has 0 fully saturated rings. The summed E-state index contributed by atoms with van der Waals surface area (Å²) in [4.78, 5) is 11.5. The third kappa shape index (κ3) is 4.01. The molecule has 0 radical (unpaired) electrons. The largest absolute Gasteiger partial charge is 0.289 e. The first-order valence-corrected chi connectivity index (χ1v) is 6.04. The summed E-state index contributed by atoms with van der Waals surface area (Å²) in [6, 6.07) is 7.96. The summed E-state index contributed by atoms with van der Waals surface area (Å²) in [5.74, 6) is 0.0857. The summed E-state index contributed by atoms with van der Waals surface area (Å²) < 4.78 is 0. The van der Waals surface area contributed by atoms with Crippen LogP contribution in [0.5, 0.6) is 0 Å². The quantitative estimate of drug-likeness (QED) is 0.396. The number of hydrogen-bond donors (Lipinski definition) is 0. The number of carbonyl (C=O) groups is 1. The van der Waals surface area contributed by atoms with E-state index in [2.05, 4.69) is 19.1 Å². The van der Waals surface area contributed by atoms with Crippen molar-refractivity contribution >= 4 is 5.78 Å². The second kappa shape index (κ2) is 7.00. The Morgan fingerprint density at radius 2 is 1.88 bits per heavy atom. The second-order valence-electron chi connectivity index (χ2n) is 4.02. The number of aryl methyl sites for hydroxylation is 1. The van der Waals surface area contributed by atoms with Crippen LogP contribution in [-0.4, -0.2) is 5.78 Å². The van der Waals surface area contributed by atoms with Crippen molar-refractivity contribution in [1.29, 1.82) is 0 Å². The third-order valence-corrected chi connectivity index (χ3v) is 2.63. The molecule has 0 unspecified atom stereocenters. The van der Waals surface area contributed by atoms with Gasteiger partial charge in [0.25, 0.3) is 0 Å². The molecule has 0 aromatic heterocycles. The van der Waals surface area contributed by atoms with E-state index in [1.165, 1.54) is 24.8 Å². The van der Waals surface area contributed by atoms with E-state index < -0.39 is 0 Å². The Labute approximate surface area is 98.2 Å². The maximum Gasteiger partial charge on any atom is 0.185 e. The van der Waals surface area contributed by atoms with Crippen molar-refractivity contribution in [2.75, 3.05) is 0 Å². The molecule has 0 bridgehead atoms. The summed E-state index contributed by atoms with van der Waals surface area (Å²) >= 11 is 0. The Balaban J connectivity index is 2.57. The highest BCUT2D eigenvalue weighted by atomic mass is 16.1. The average Bonchev–Trinajstić information content (AvgIpc) is 2.30. The molecule has 0 spiro atoms. The van der Waals surface area contributed by atoms with Crippen molar-refractivity contribution in [3.05, 3.63) is 47.5 Å². The van der Waals surface area contributed by atoms with Gasteiger partial charge in [-0.25, -0.2) is 0 Å². The van der Waals surface area contributed by atoms with Gasteiger partial charge in [0.15, 0.2) is 5.78 Å². The van der Waals surface area contributed by atoms with Crippen LogP contribution in [0.4, 0.5) is 0 Å². The molecule has 16 heavy (non-hydrogen) atoms. The monoisotopic (exact) mass is 216 g/mol. The predicted molar refractivity (Wildman–Crippen MR) is 68.8 cm³/mol. The maximum atomic E-state index is 11.5. The highest BCUT2D eigenvalue weighted by molar-refractivity contribution is 6.04. The number of allylic oxidation sites excluding steroid dienone is 2. The molecule has 1 aromatic rings. The number of carbonyl (C=O) groups excluding carboxylic acids is 1. The molecule has 1 aromatic carbocycles. The first kappa shape index (κ1) is 12.7. The van der Waals surface area contributed by atoms with Crippen LogP contribution in [0.3, 0.4) is 0 Å². The molecule has 86 valence electrons. The molecule has 0 saturated carbocycles. The van der Waals surface area contributed by atoms with Gasteiger partial charge in [-0.05, 0) is 31.4 Å². The molecule has 1 rings (SSSR count). The first-order chi connectivity index (χ1) is 7.77. The molecular weight excluding hydrogens is 196 g/mol. The standard InChI is InChI=1S/C15H20O/c1-3-5-6-8-13-9-11-14(12-10-13)15(16)7-4-2/h4,7,9-12H,3,5-6,8H2,1-2H3/b7-4+. The van der Waals surface area contributed by atoms with E-state index in [0.717, 1.165) is 12.0 Å². The van der Waals surface area contributed by atoms with Gasteiger partial charge in [0.2, 0.25) is 0 Å². The summed E-state index contributed by atoms with van der Waals surface area (Å²) in [7, 11) is 0. The van der Waals surface area contributed by atoms with Crippen molar-refractivity contribution < 1.29 is 4.79 Å². The molecule has 0 saturated heterocycles.